The van der Waals surface area contributed by atoms with Crippen LogP contribution in [0.5, 0.6) is 0 Å². The summed E-state index contributed by atoms with van der Waals surface area (Å²) in [5.41, 5.74) is 2.41. The Morgan fingerprint density at radius 3 is 2.92 bits per heavy atom. The summed E-state index contributed by atoms with van der Waals surface area (Å²) in [4.78, 5) is 18.2. The molecule has 1 amide bonds. The van der Waals surface area contributed by atoms with Crippen LogP contribution in [-0.2, 0) is 4.79 Å². The van der Waals surface area contributed by atoms with E-state index in [2.05, 4.69) is 22.5 Å². The van der Waals surface area contributed by atoms with Crippen LogP contribution in [-0.4, -0.2) is 27.4 Å². The van der Waals surface area contributed by atoms with Crippen LogP contribution in [0.3, 0.4) is 0 Å². The van der Waals surface area contributed by atoms with E-state index >= 15 is 0 Å². The highest BCUT2D eigenvalue weighted by molar-refractivity contribution is 7.15. The van der Waals surface area contributed by atoms with E-state index in [0.29, 0.717) is 0 Å². The number of hydrogen-bond donors (Lipinski definition) is 2. The summed E-state index contributed by atoms with van der Waals surface area (Å²) in [5, 5.41) is 8.44. The number of rotatable bonds is 4. The van der Waals surface area contributed by atoms with E-state index in [0.717, 1.165) is 47.7 Å². The van der Waals surface area contributed by atoms with Gasteiger partial charge in [-0.15, -0.1) is 11.3 Å². The molecule has 0 bridgehead atoms. The number of anilines is 1. The molecular weight excluding hydrogens is 320 g/mol. The Bertz CT molecular complexity index is 830. The predicted molar refractivity (Wildman–Crippen MR) is 97.4 cm³/mol. The Hall–Kier alpha value is -2.18. The number of fused-ring (bicyclic) bond motifs is 1. The van der Waals surface area contributed by atoms with Gasteiger partial charge in [-0.25, -0.2) is 4.98 Å². The van der Waals surface area contributed by atoms with Gasteiger partial charge in [-0.05, 0) is 37.9 Å². The first-order chi connectivity index (χ1) is 11.7. The summed E-state index contributed by atoms with van der Waals surface area (Å²) in [5.74, 6) is 0.0674. The molecule has 1 saturated heterocycles. The summed E-state index contributed by atoms with van der Waals surface area (Å²) in [6.45, 7) is 2.98. The lowest BCUT2D eigenvalue weighted by atomic mass is 9.93. The van der Waals surface area contributed by atoms with E-state index in [9.17, 15) is 4.79 Å². The van der Waals surface area contributed by atoms with E-state index < -0.39 is 5.54 Å². The molecule has 0 radical (unpaired) electrons. The van der Waals surface area contributed by atoms with Crippen molar-refractivity contribution in [2.45, 2.75) is 31.7 Å². The highest BCUT2D eigenvalue weighted by Gasteiger charge is 2.38. The fourth-order valence-electron chi connectivity index (χ4n) is 3.30. The fourth-order valence-corrected chi connectivity index (χ4v) is 4.00. The molecule has 1 fully saturated rings. The molecule has 5 nitrogen and oxygen atoms in total. The molecular formula is C18H20N4OS. The van der Waals surface area contributed by atoms with E-state index in [1.54, 1.807) is 11.3 Å². The number of imidazole rings is 1. The van der Waals surface area contributed by atoms with Crippen LogP contribution in [0.15, 0.2) is 42.0 Å². The zero-order valence-corrected chi connectivity index (χ0v) is 14.4. The average molecular weight is 340 g/mol. The van der Waals surface area contributed by atoms with Gasteiger partial charge in [0.2, 0.25) is 5.91 Å². The van der Waals surface area contributed by atoms with Crippen molar-refractivity contribution in [3.8, 4) is 11.3 Å². The number of amides is 1. The second-order valence-electron chi connectivity index (χ2n) is 6.22. The summed E-state index contributed by atoms with van der Waals surface area (Å²) in [6.07, 6.45) is 6.79. The molecule has 4 rings (SSSR count). The molecule has 1 atom stereocenters. The fraction of sp³-hybridized carbons (Fsp3) is 0.333. The molecule has 24 heavy (non-hydrogen) atoms. The molecule has 3 heterocycles. The van der Waals surface area contributed by atoms with E-state index in [1.165, 1.54) is 0 Å². The van der Waals surface area contributed by atoms with Gasteiger partial charge in [0.15, 0.2) is 4.96 Å². The lowest BCUT2D eigenvalue weighted by molar-refractivity contribution is -0.122. The third-order valence-electron chi connectivity index (χ3n) is 4.81. The number of aromatic nitrogens is 2. The van der Waals surface area contributed by atoms with Crippen LogP contribution >= 0.6 is 11.3 Å². The number of nitrogens with one attached hydrogen (secondary N) is 2. The Labute approximate surface area is 144 Å². The Morgan fingerprint density at radius 1 is 1.42 bits per heavy atom. The minimum atomic E-state index is -0.410. The van der Waals surface area contributed by atoms with E-state index in [-0.39, 0.29) is 5.91 Å². The Kier molecular flexibility index (Phi) is 3.86. The smallest absolute Gasteiger partial charge is 0.244 e. The second-order valence-corrected chi connectivity index (χ2v) is 7.09. The van der Waals surface area contributed by atoms with Crippen molar-refractivity contribution in [3.63, 3.8) is 0 Å². The molecule has 2 N–H and O–H groups in total. The van der Waals surface area contributed by atoms with Crippen LogP contribution < -0.4 is 10.6 Å². The largest absolute Gasteiger partial charge is 0.324 e. The summed E-state index contributed by atoms with van der Waals surface area (Å²) < 4.78 is 2.02. The minimum Gasteiger partial charge on any atom is -0.324 e. The predicted octanol–water partition coefficient (Wildman–Crippen LogP) is 3.53. The van der Waals surface area contributed by atoms with Gasteiger partial charge in [-0.3, -0.25) is 9.20 Å². The van der Waals surface area contributed by atoms with Crippen molar-refractivity contribution in [2.24, 2.45) is 0 Å². The van der Waals surface area contributed by atoms with Gasteiger partial charge in [-0.2, -0.15) is 0 Å². The molecule has 6 heteroatoms. The van der Waals surface area contributed by atoms with Crippen LogP contribution in [0.1, 0.15) is 26.2 Å². The molecule has 1 aliphatic heterocycles. The van der Waals surface area contributed by atoms with Gasteiger partial charge >= 0.3 is 0 Å². The van der Waals surface area contributed by atoms with Crippen molar-refractivity contribution in [3.05, 3.63) is 42.0 Å². The maximum absolute atomic E-state index is 12.6. The zero-order valence-electron chi connectivity index (χ0n) is 13.6. The van der Waals surface area contributed by atoms with Gasteiger partial charge in [0.25, 0.3) is 0 Å². The van der Waals surface area contributed by atoms with Gasteiger partial charge < -0.3 is 10.6 Å². The highest BCUT2D eigenvalue weighted by Crippen LogP contribution is 2.26. The molecule has 1 aromatic carbocycles. The number of nitrogens with zero attached hydrogens (tertiary/aromatic N) is 2. The maximum atomic E-state index is 12.6. The van der Waals surface area contributed by atoms with Crippen molar-refractivity contribution < 1.29 is 4.79 Å². The second kappa shape index (κ2) is 6.03. The van der Waals surface area contributed by atoms with Gasteiger partial charge in [0.05, 0.1) is 11.2 Å². The third-order valence-corrected chi connectivity index (χ3v) is 5.58. The molecule has 3 aromatic rings. The summed E-state index contributed by atoms with van der Waals surface area (Å²) >= 11 is 1.62. The number of benzene rings is 1. The summed E-state index contributed by atoms with van der Waals surface area (Å²) in [7, 11) is 0. The Morgan fingerprint density at radius 2 is 2.25 bits per heavy atom. The number of hydrogen-bond acceptors (Lipinski definition) is 4. The monoisotopic (exact) mass is 340 g/mol. The van der Waals surface area contributed by atoms with Crippen LogP contribution in [0.2, 0.25) is 0 Å². The lowest BCUT2D eigenvalue weighted by Crippen LogP contribution is -2.50. The lowest BCUT2D eigenvalue weighted by Gasteiger charge is -2.26. The first-order valence-electron chi connectivity index (χ1n) is 8.29. The normalized spacial score (nSPS) is 20.5. The van der Waals surface area contributed by atoms with Gasteiger partial charge in [0, 0.05) is 29.0 Å². The minimum absolute atomic E-state index is 0.0674. The zero-order chi connectivity index (χ0) is 16.6. The molecule has 0 spiro atoms. The molecule has 1 unspecified atom stereocenters. The van der Waals surface area contributed by atoms with Crippen molar-refractivity contribution in [2.75, 3.05) is 11.9 Å². The summed E-state index contributed by atoms with van der Waals surface area (Å²) in [6, 6.07) is 7.89. The van der Waals surface area contributed by atoms with Crippen LogP contribution in [0, 0.1) is 0 Å². The van der Waals surface area contributed by atoms with Crippen molar-refractivity contribution in [1.82, 2.24) is 14.7 Å². The maximum Gasteiger partial charge on any atom is 0.244 e. The van der Waals surface area contributed by atoms with Crippen molar-refractivity contribution >= 4 is 27.9 Å². The first-order valence-corrected chi connectivity index (χ1v) is 9.17. The molecule has 0 aliphatic carbocycles. The standard InChI is InChI=1S/C18H20N4OS/c1-2-18(8-3-9-19-18)16(23)20-14-6-4-13(5-7-14)15-12-22-10-11-24-17(22)21-15/h4-7,10-12,19H,2-3,8-9H2,1H3,(H,20,23). The number of thiazole rings is 1. The third kappa shape index (κ3) is 2.61. The van der Waals surface area contributed by atoms with E-state index in [4.69, 9.17) is 0 Å². The number of carbonyl (C=O) groups is 1. The molecule has 0 saturated carbocycles. The van der Waals surface area contributed by atoms with E-state index in [1.807, 2.05) is 46.4 Å². The van der Waals surface area contributed by atoms with Gasteiger partial charge in [-0.1, -0.05) is 19.1 Å². The van der Waals surface area contributed by atoms with Crippen LogP contribution in [0.25, 0.3) is 16.2 Å². The number of carbonyl (C=O) groups excluding carboxylic acids is 1. The quantitative estimate of drug-likeness (QED) is 0.764. The Balaban J connectivity index is 1.51. The first kappa shape index (κ1) is 15.4. The molecule has 1 aliphatic rings. The van der Waals surface area contributed by atoms with Crippen molar-refractivity contribution in [1.29, 1.82) is 0 Å². The van der Waals surface area contributed by atoms with Gasteiger partial charge in [0.1, 0.15) is 0 Å². The highest BCUT2D eigenvalue weighted by atomic mass is 32.1. The topological polar surface area (TPSA) is 58.4 Å². The molecule has 124 valence electrons. The average Bonchev–Trinajstić information content (AvgIpc) is 3.31. The SMILES string of the molecule is CCC1(C(=O)Nc2ccc(-c3cn4ccsc4n3)cc2)CCCN1. The molecule has 2 aromatic heterocycles. The van der Waals surface area contributed by atoms with Crippen LogP contribution in [0.4, 0.5) is 5.69 Å².